The molecule has 3 nitrogen and oxygen atoms in total. The summed E-state index contributed by atoms with van der Waals surface area (Å²) in [4.78, 5) is 0. The van der Waals surface area contributed by atoms with E-state index >= 15 is 0 Å². The van der Waals surface area contributed by atoms with Crippen molar-refractivity contribution in [1.29, 1.82) is 0 Å². The maximum Gasteiger partial charge on any atom is 0.573 e. The predicted octanol–water partition coefficient (Wildman–Crippen LogP) is 3.03. The molecule has 0 aliphatic rings. The van der Waals surface area contributed by atoms with E-state index in [4.69, 9.17) is 5.73 Å². The molecule has 0 aliphatic carbocycles. The second-order valence-corrected chi connectivity index (χ2v) is 5.81. The molecule has 2 aromatic rings. The van der Waals surface area contributed by atoms with Crippen molar-refractivity contribution in [3.63, 3.8) is 0 Å². The Morgan fingerprint density at radius 3 is 2.79 bits per heavy atom. The molecular formula is C11H12F3N2OS2+. The highest BCUT2D eigenvalue weighted by Gasteiger charge is 2.31. The average molecular weight is 309 g/mol. The summed E-state index contributed by atoms with van der Waals surface area (Å²) >= 11 is 2.94. The summed E-state index contributed by atoms with van der Waals surface area (Å²) < 4.78 is 42.9. The van der Waals surface area contributed by atoms with Gasteiger partial charge in [0, 0.05) is 11.8 Å². The van der Waals surface area contributed by atoms with E-state index in [2.05, 4.69) is 4.74 Å². The number of rotatable bonds is 4. The zero-order chi connectivity index (χ0) is 14.0. The average Bonchev–Trinajstić information content (AvgIpc) is 2.59. The number of benzene rings is 1. The fourth-order valence-corrected chi connectivity index (χ4v) is 3.04. The summed E-state index contributed by atoms with van der Waals surface area (Å²) in [7, 11) is 0. The fourth-order valence-electron chi connectivity index (χ4n) is 1.70. The molecule has 8 heteroatoms. The number of halogens is 3. The number of thiazole rings is 1. The SMILES string of the molecule is CSCC[n+]1c(N)sc2cc(OC(F)(F)F)ccc21. The Morgan fingerprint density at radius 1 is 1.42 bits per heavy atom. The monoisotopic (exact) mass is 309 g/mol. The highest BCUT2D eigenvalue weighted by molar-refractivity contribution is 7.98. The van der Waals surface area contributed by atoms with E-state index in [-0.39, 0.29) is 5.75 Å². The molecule has 0 atom stereocenters. The van der Waals surface area contributed by atoms with Crippen LogP contribution in [0.3, 0.4) is 0 Å². The van der Waals surface area contributed by atoms with Gasteiger partial charge < -0.3 is 4.74 Å². The standard InChI is InChI=1S/C11H11F3N2OS2/c1-18-5-4-16-8-3-2-7(17-11(12,13)14)6-9(8)19-10(16)15/h2-3,6,15H,4-5H2,1H3/p+1. The molecule has 0 spiro atoms. The van der Waals surface area contributed by atoms with Crippen molar-refractivity contribution < 1.29 is 22.5 Å². The molecule has 2 N–H and O–H groups in total. The number of anilines is 1. The first-order valence-electron chi connectivity index (χ1n) is 5.37. The number of hydrogen-bond donors (Lipinski definition) is 1. The molecule has 0 aliphatic heterocycles. The van der Waals surface area contributed by atoms with Gasteiger partial charge in [0.25, 0.3) is 0 Å². The summed E-state index contributed by atoms with van der Waals surface area (Å²) in [5, 5.41) is 0.577. The van der Waals surface area contributed by atoms with Crippen molar-refractivity contribution in [2.75, 3.05) is 17.7 Å². The van der Waals surface area contributed by atoms with E-state index in [1.54, 1.807) is 17.8 Å². The molecule has 1 aromatic heterocycles. The molecule has 0 saturated carbocycles. The van der Waals surface area contributed by atoms with Gasteiger partial charge in [0.2, 0.25) is 0 Å². The van der Waals surface area contributed by atoms with Gasteiger partial charge in [-0.1, -0.05) is 0 Å². The van der Waals surface area contributed by atoms with Crippen LogP contribution in [0, 0.1) is 0 Å². The lowest BCUT2D eigenvalue weighted by Gasteiger charge is -2.08. The first-order valence-corrected chi connectivity index (χ1v) is 7.58. The van der Waals surface area contributed by atoms with Gasteiger partial charge in [0.15, 0.2) is 0 Å². The van der Waals surface area contributed by atoms with Crippen LogP contribution in [-0.4, -0.2) is 18.4 Å². The fraction of sp³-hybridized carbons (Fsp3) is 0.364. The van der Waals surface area contributed by atoms with Crippen LogP contribution >= 0.6 is 23.1 Å². The third-order valence-corrected chi connectivity index (χ3v) is 4.02. The second kappa shape index (κ2) is 5.46. The zero-order valence-electron chi connectivity index (χ0n) is 10.0. The first-order chi connectivity index (χ1) is 8.90. The van der Waals surface area contributed by atoms with E-state index in [9.17, 15) is 13.2 Å². The molecule has 1 aromatic carbocycles. The molecular weight excluding hydrogens is 297 g/mol. The number of aryl methyl sites for hydroxylation is 1. The number of ether oxygens (including phenoxy) is 1. The maximum absolute atomic E-state index is 12.1. The maximum atomic E-state index is 12.1. The third kappa shape index (κ3) is 3.44. The first kappa shape index (κ1) is 14.3. The van der Waals surface area contributed by atoms with Crippen LogP contribution in [0.5, 0.6) is 5.75 Å². The van der Waals surface area contributed by atoms with E-state index in [1.165, 1.54) is 23.5 Å². The van der Waals surface area contributed by atoms with Gasteiger partial charge in [-0.05, 0) is 29.7 Å². The number of hydrogen-bond acceptors (Lipinski definition) is 4. The van der Waals surface area contributed by atoms with Gasteiger partial charge in [-0.3, -0.25) is 5.73 Å². The molecule has 2 rings (SSSR count). The third-order valence-electron chi connectivity index (χ3n) is 2.46. The Bertz CT molecular complexity index is 583. The number of nitrogens with two attached hydrogens (primary N) is 1. The van der Waals surface area contributed by atoms with E-state index < -0.39 is 6.36 Å². The normalized spacial score (nSPS) is 12.0. The second-order valence-electron chi connectivity index (χ2n) is 3.76. The Kier molecular flexibility index (Phi) is 4.10. The molecule has 1 heterocycles. The minimum atomic E-state index is -4.68. The van der Waals surface area contributed by atoms with E-state index in [0.29, 0.717) is 9.83 Å². The smallest absolute Gasteiger partial charge is 0.406 e. The highest BCUT2D eigenvalue weighted by Crippen LogP contribution is 2.29. The van der Waals surface area contributed by atoms with Crippen molar-refractivity contribution in [1.82, 2.24) is 0 Å². The predicted molar refractivity (Wildman–Crippen MR) is 71.5 cm³/mol. The van der Waals surface area contributed by atoms with Crippen LogP contribution in [-0.2, 0) is 6.54 Å². The Morgan fingerprint density at radius 2 is 2.16 bits per heavy atom. The Balaban J connectivity index is 2.35. The zero-order valence-corrected chi connectivity index (χ0v) is 11.7. The summed E-state index contributed by atoms with van der Waals surface area (Å²) in [5.41, 5.74) is 6.71. The molecule has 0 bridgehead atoms. The van der Waals surface area contributed by atoms with Gasteiger partial charge in [0.1, 0.15) is 17.8 Å². The summed E-state index contributed by atoms with van der Waals surface area (Å²) in [6, 6.07) is 4.26. The highest BCUT2D eigenvalue weighted by atomic mass is 32.2. The summed E-state index contributed by atoms with van der Waals surface area (Å²) in [5.74, 6) is 0.667. The molecule has 0 amide bonds. The van der Waals surface area contributed by atoms with Crippen molar-refractivity contribution in [3.8, 4) is 5.75 Å². The van der Waals surface area contributed by atoms with E-state index in [0.717, 1.165) is 17.8 Å². The quantitative estimate of drug-likeness (QED) is 0.882. The lowest BCUT2D eigenvalue weighted by Crippen LogP contribution is -2.36. The molecule has 0 unspecified atom stereocenters. The van der Waals surface area contributed by atoms with Crippen molar-refractivity contribution in [2.45, 2.75) is 12.9 Å². The van der Waals surface area contributed by atoms with Crippen LogP contribution in [0.2, 0.25) is 0 Å². The molecule has 0 radical (unpaired) electrons. The number of alkyl halides is 3. The van der Waals surface area contributed by atoms with Crippen LogP contribution < -0.4 is 15.0 Å². The molecule has 104 valence electrons. The largest absolute Gasteiger partial charge is 0.573 e. The lowest BCUT2D eigenvalue weighted by molar-refractivity contribution is -0.648. The molecule has 19 heavy (non-hydrogen) atoms. The Labute approximate surface area is 116 Å². The number of thioether (sulfide) groups is 1. The molecule has 0 saturated heterocycles. The lowest BCUT2D eigenvalue weighted by atomic mass is 10.3. The van der Waals surface area contributed by atoms with Crippen molar-refractivity contribution in [3.05, 3.63) is 18.2 Å². The van der Waals surface area contributed by atoms with Crippen LogP contribution in [0.15, 0.2) is 18.2 Å². The van der Waals surface area contributed by atoms with Gasteiger partial charge >= 0.3 is 11.5 Å². The summed E-state index contributed by atoms with van der Waals surface area (Å²) in [6.07, 6.45) is -2.69. The summed E-state index contributed by atoms with van der Waals surface area (Å²) in [6.45, 7) is 0.729. The minimum Gasteiger partial charge on any atom is -0.406 e. The van der Waals surface area contributed by atoms with Crippen LogP contribution in [0.1, 0.15) is 0 Å². The number of fused-ring (bicyclic) bond motifs is 1. The minimum absolute atomic E-state index is 0.224. The van der Waals surface area contributed by atoms with Crippen molar-refractivity contribution in [2.24, 2.45) is 0 Å². The van der Waals surface area contributed by atoms with Crippen LogP contribution in [0.25, 0.3) is 10.2 Å². The van der Waals surface area contributed by atoms with Crippen molar-refractivity contribution >= 4 is 38.4 Å². The van der Waals surface area contributed by atoms with Gasteiger partial charge in [-0.2, -0.15) is 11.8 Å². The van der Waals surface area contributed by atoms with Gasteiger partial charge in [-0.25, -0.2) is 4.57 Å². The van der Waals surface area contributed by atoms with E-state index in [1.807, 2.05) is 10.8 Å². The molecule has 0 fully saturated rings. The van der Waals surface area contributed by atoms with Gasteiger partial charge in [0.05, 0.1) is 4.70 Å². The van der Waals surface area contributed by atoms with Crippen LogP contribution in [0.4, 0.5) is 18.3 Å². The van der Waals surface area contributed by atoms with Gasteiger partial charge in [-0.15, -0.1) is 13.2 Å². The number of aromatic nitrogens is 1. The Hall–Kier alpha value is -1.15. The topological polar surface area (TPSA) is 39.1 Å². The number of nitrogen functional groups attached to an aromatic ring is 1. The number of nitrogens with zero attached hydrogens (tertiary/aromatic N) is 1.